The highest BCUT2D eigenvalue weighted by molar-refractivity contribution is 7.92. The van der Waals surface area contributed by atoms with E-state index in [0.29, 0.717) is 11.3 Å². The van der Waals surface area contributed by atoms with Gasteiger partial charge in [0, 0.05) is 5.56 Å². The van der Waals surface area contributed by atoms with Crippen LogP contribution in [0.15, 0.2) is 77.7 Å². The summed E-state index contributed by atoms with van der Waals surface area (Å²) in [6.07, 6.45) is 0. The lowest BCUT2D eigenvalue weighted by Gasteiger charge is -2.12. The third-order valence-corrected chi connectivity index (χ3v) is 5.29. The van der Waals surface area contributed by atoms with Crippen molar-refractivity contribution in [3.8, 4) is 0 Å². The normalized spacial score (nSPS) is 11.0. The van der Waals surface area contributed by atoms with E-state index in [9.17, 15) is 17.6 Å². The Morgan fingerprint density at radius 3 is 2.22 bits per heavy atom. The Balaban J connectivity index is 1.82. The van der Waals surface area contributed by atoms with Gasteiger partial charge < -0.3 is 5.32 Å². The lowest BCUT2D eigenvalue weighted by atomic mass is 10.2. The van der Waals surface area contributed by atoms with Gasteiger partial charge in [0.1, 0.15) is 5.82 Å². The first kappa shape index (κ1) is 18.6. The second kappa shape index (κ2) is 7.59. The van der Waals surface area contributed by atoms with Gasteiger partial charge in [-0.1, -0.05) is 36.4 Å². The molecule has 27 heavy (non-hydrogen) atoms. The Morgan fingerprint density at radius 1 is 0.889 bits per heavy atom. The maximum absolute atomic E-state index is 14.4. The minimum Gasteiger partial charge on any atom is -0.319 e. The molecule has 0 aliphatic rings. The summed E-state index contributed by atoms with van der Waals surface area (Å²) in [6.45, 7) is 1.76. The summed E-state index contributed by atoms with van der Waals surface area (Å²) in [4.78, 5) is 11.9. The molecule has 0 aliphatic carbocycles. The lowest BCUT2D eigenvalue weighted by molar-refractivity contribution is 0.102. The summed E-state index contributed by atoms with van der Waals surface area (Å²) in [5, 5.41) is 2.43. The van der Waals surface area contributed by atoms with Crippen LogP contribution in [-0.4, -0.2) is 14.3 Å². The third-order valence-electron chi connectivity index (χ3n) is 3.92. The number of hydrogen-bond donors (Lipinski definition) is 2. The molecule has 0 atom stereocenters. The van der Waals surface area contributed by atoms with Gasteiger partial charge in [-0.3, -0.25) is 9.52 Å². The number of rotatable bonds is 5. The molecule has 5 nitrogen and oxygen atoms in total. The maximum Gasteiger partial charge on any atom is 0.262 e. The van der Waals surface area contributed by atoms with E-state index >= 15 is 0 Å². The van der Waals surface area contributed by atoms with Crippen LogP contribution in [0.2, 0.25) is 0 Å². The molecule has 138 valence electrons. The Labute approximate surface area is 156 Å². The molecule has 0 radical (unpaired) electrons. The van der Waals surface area contributed by atoms with Crippen LogP contribution in [0.25, 0.3) is 0 Å². The second-order valence-electron chi connectivity index (χ2n) is 5.88. The van der Waals surface area contributed by atoms with E-state index < -0.39 is 21.7 Å². The highest BCUT2D eigenvalue weighted by atomic mass is 32.2. The van der Waals surface area contributed by atoms with Crippen molar-refractivity contribution in [2.24, 2.45) is 0 Å². The predicted molar refractivity (Wildman–Crippen MR) is 103 cm³/mol. The van der Waals surface area contributed by atoms with Crippen LogP contribution < -0.4 is 10.0 Å². The number of carbonyl (C=O) groups is 1. The highest BCUT2D eigenvalue weighted by Crippen LogP contribution is 2.23. The number of sulfonamides is 1. The molecule has 0 aromatic heterocycles. The fourth-order valence-electron chi connectivity index (χ4n) is 2.44. The molecule has 0 unspecified atom stereocenters. The number of nitrogens with one attached hydrogen (secondary N) is 2. The van der Waals surface area contributed by atoms with Crippen molar-refractivity contribution in [2.45, 2.75) is 11.8 Å². The summed E-state index contributed by atoms with van der Waals surface area (Å²) in [5.41, 5.74) is 1.43. The number of benzene rings is 3. The molecule has 0 saturated carbocycles. The first-order chi connectivity index (χ1) is 12.9. The molecule has 7 heteroatoms. The quantitative estimate of drug-likeness (QED) is 0.693. The fraction of sp³-hybridized carbons (Fsp3) is 0.0500. The number of halogens is 1. The average Bonchev–Trinajstić information content (AvgIpc) is 2.65. The first-order valence-corrected chi connectivity index (χ1v) is 9.59. The first-order valence-electron chi connectivity index (χ1n) is 8.11. The molecule has 3 aromatic carbocycles. The van der Waals surface area contributed by atoms with E-state index in [1.54, 1.807) is 61.5 Å². The SMILES string of the molecule is Cc1ccccc1NS(=O)(=O)c1ccc(NC(=O)c2ccccc2)c(F)c1. The van der Waals surface area contributed by atoms with Crippen molar-refractivity contribution >= 4 is 27.3 Å². The summed E-state index contributed by atoms with van der Waals surface area (Å²) in [5.74, 6) is -1.32. The van der Waals surface area contributed by atoms with Crippen molar-refractivity contribution < 1.29 is 17.6 Å². The van der Waals surface area contributed by atoms with Crippen LogP contribution in [0.4, 0.5) is 15.8 Å². The Hall–Kier alpha value is -3.19. The summed E-state index contributed by atoms with van der Waals surface area (Å²) >= 11 is 0. The molecule has 3 rings (SSSR count). The fourth-order valence-corrected chi connectivity index (χ4v) is 3.58. The largest absolute Gasteiger partial charge is 0.319 e. The number of hydrogen-bond acceptors (Lipinski definition) is 3. The zero-order valence-corrected chi connectivity index (χ0v) is 15.3. The summed E-state index contributed by atoms with van der Waals surface area (Å²) < 4.78 is 41.8. The Morgan fingerprint density at radius 2 is 1.56 bits per heavy atom. The van der Waals surface area contributed by atoms with Gasteiger partial charge in [-0.25, -0.2) is 12.8 Å². The van der Waals surface area contributed by atoms with E-state index in [2.05, 4.69) is 10.0 Å². The predicted octanol–water partition coefficient (Wildman–Crippen LogP) is 4.19. The smallest absolute Gasteiger partial charge is 0.262 e. The van der Waals surface area contributed by atoms with Crippen LogP contribution in [-0.2, 0) is 10.0 Å². The molecule has 0 fully saturated rings. The monoisotopic (exact) mass is 384 g/mol. The van der Waals surface area contributed by atoms with Crippen molar-refractivity contribution in [1.82, 2.24) is 0 Å². The van der Waals surface area contributed by atoms with Crippen LogP contribution in [0.3, 0.4) is 0 Å². The summed E-state index contributed by atoms with van der Waals surface area (Å²) in [7, 11) is -3.96. The van der Waals surface area contributed by atoms with Gasteiger partial charge in [0.2, 0.25) is 0 Å². The Kier molecular flexibility index (Phi) is 5.23. The molecule has 3 aromatic rings. The van der Waals surface area contributed by atoms with Gasteiger partial charge in [-0.2, -0.15) is 0 Å². The molecule has 0 spiro atoms. The number of anilines is 2. The third kappa shape index (κ3) is 4.32. The zero-order valence-electron chi connectivity index (χ0n) is 14.4. The molecule has 0 aliphatic heterocycles. The van der Waals surface area contributed by atoms with Gasteiger partial charge in [0.25, 0.3) is 15.9 Å². The number of carbonyl (C=O) groups excluding carboxylic acids is 1. The van der Waals surface area contributed by atoms with Gasteiger partial charge in [0.15, 0.2) is 0 Å². The Bertz CT molecular complexity index is 1080. The minimum absolute atomic E-state index is 0.0984. The van der Waals surface area contributed by atoms with Gasteiger partial charge in [-0.15, -0.1) is 0 Å². The minimum atomic E-state index is -3.96. The van der Waals surface area contributed by atoms with E-state index in [-0.39, 0.29) is 10.6 Å². The van der Waals surface area contributed by atoms with Gasteiger partial charge >= 0.3 is 0 Å². The standard InChI is InChI=1S/C20H17FN2O3S/c1-14-7-5-6-10-18(14)23-27(25,26)16-11-12-19(17(21)13-16)22-20(24)15-8-3-2-4-9-15/h2-13,23H,1H3,(H,22,24). The van der Waals surface area contributed by atoms with Gasteiger partial charge in [0.05, 0.1) is 16.3 Å². The average molecular weight is 384 g/mol. The van der Waals surface area contributed by atoms with Crippen LogP contribution in [0, 0.1) is 12.7 Å². The lowest BCUT2D eigenvalue weighted by Crippen LogP contribution is -2.16. The molecule has 2 N–H and O–H groups in total. The molecular weight excluding hydrogens is 367 g/mol. The van der Waals surface area contributed by atoms with Crippen molar-refractivity contribution in [1.29, 1.82) is 0 Å². The zero-order chi connectivity index (χ0) is 19.4. The second-order valence-corrected chi connectivity index (χ2v) is 7.56. The van der Waals surface area contributed by atoms with Crippen LogP contribution in [0.5, 0.6) is 0 Å². The number of para-hydroxylation sites is 1. The summed E-state index contributed by atoms with van der Waals surface area (Å²) in [6, 6.07) is 18.6. The molecule has 0 bridgehead atoms. The van der Waals surface area contributed by atoms with Crippen molar-refractivity contribution in [3.63, 3.8) is 0 Å². The molecular formula is C20H17FN2O3S. The van der Waals surface area contributed by atoms with Crippen molar-refractivity contribution in [2.75, 3.05) is 10.0 Å². The van der Waals surface area contributed by atoms with Gasteiger partial charge in [-0.05, 0) is 48.9 Å². The van der Waals surface area contributed by atoms with E-state index in [1.165, 1.54) is 12.1 Å². The molecule has 0 heterocycles. The van der Waals surface area contributed by atoms with Crippen molar-refractivity contribution in [3.05, 3.63) is 89.7 Å². The highest BCUT2D eigenvalue weighted by Gasteiger charge is 2.18. The van der Waals surface area contributed by atoms with E-state index in [4.69, 9.17) is 0 Å². The van der Waals surface area contributed by atoms with E-state index in [0.717, 1.165) is 11.6 Å². The number of aryl methyl sites for hydroxylation is 1. The molecule has 0 saturated heterocycles. The number of amides is 1. The maximum atomic E-state index is 14.4. The van der Waals surface area contributed by atoms with Crippen LogP contribution in [0.1, 0.15) is 15.9 Å². The van der Waals surface area contributed by atoms with Crippen LogP contribution >= 0.6 is 0 Å². The topological polar surface area (TPSA) is 75.3 Å². The molecule has 1 amide bonds. The van der Waals surface area contributed by atoms with E-state index in [1.807, 2.05) is 0 Å².